The summed E-state index contributed by atoms with van der Waals surface area (Å²) < 4.78 is 8.51. The molecule has 1 atom stereocenters. The van der Waals surface area contributed by atoms with Crippen LogP contribution >= 0.6 is 0 Å². The number of ether oxygens (including phenoxy) is 1. The number of carbonyl (C=O) groups is 3. The standard InChI is InChI=1S/C23H31N7O5/c1-28-23(34)30-15-16(7-8-18(30)27-28)22(33)29-12-3-6-19(31)24-11-14-35-17-5-2-9-25-20(17)21(32)26-10-4-13-29/h2,5,9,16H,3-4,6-8,10-15H2,1H3,(H,24,31)(H,26,32). The fraction of sp³-hybridized carbons (Fsp3) is 0.565. The second-order valence-corrected chi connectivity index (χ2v) is 8.76. The number of rotatable bonds is 1. The second-order valence-electron chi connectivity index (χ2n) is 8.76. The second kappa shape index (κ2) is 11.2. The van der Waals surface area contributed by atoms with E-state index in [1.54, 1.807) is 28.6 Å². The Labute approximate surface area is 202 Å². The van der Waals surface area contributed by atoms with Crippen LogP contribution < -0.4 is 21.1 Å². The van der Waals surface area contributed by atoms with E-state index in [0.717, 1.165) is 0 Å². The first kappa shape index (κ1) is 24.4. The maximum absolute atomic E-state index is 13.4. The van der Waals surface area contributed by atoms with E-state index in [2.05, 4.69) is 20.7 Å². The number of carbonyl (C=O) groups excluding carboxylic acids is 3. The molecule has 2 aliphatic rings. The molecule has 0 saturated carbocycles. The number of nitrogens with zero attached hydrogens (tertiary/aromatic N) is 5. The molecular weight excluding hydrogens is 454 g/mol. The van der Waals surface area contributed by atoms with Crippen molar-refractivity contribution in [3.05, 3.63) is 40.3 Å². The van der Waals surface area contributed by atoms with Gasteiger partial charge in [-0.3, -0.25) is 19.0 Å². The SMILES string of the molecule is Cn1nc2n(c1=O)CC(C(=O)N1CCCNC(=O)c3ncccc3OCCNC(=O)CCC1)CC2. The Morgan fingerprint density at radius 3 is 2.80 bits per heavy atom. The average Bonchev–Trinajstić information content (AvgIpc) is 3.15. The summed E-state index contributed by atoms with van der Waals surface area (Å²) in [5, 5.41) is 9.87. The smallest absolute Gasteiger partial charge is 0.345 e. The number of aryl methyl sites for hydroxylation is 2. The molecular formula is C23H31N7O5. The van der Waals surface area contributed by atoms with Crippen LogP contribution in [0.1, 0.15) is 42.0 Å². The van der Waals surface area contributed by atoms with Gasteiger partial charge in [0, 0.05) is 52.3 Å². The number of aromatic nitrogens is 4. The van der Waals surface area contributed by atoms with Gasteiger partial charge < -0.3 is 20.3 Å². The van der Waals surface area contributed by atoms with E-state index in [-0.39, 0.29) is 48.1 Å². The van der Waals surface area contributed by atoms with Crippen molar-refractivity contribution in [3.8, 4) is 5.75 Å². The van der Waals surface area contributed by atoms with E-state index < -0.39 is 0 Å². The highest BCUT2D eigenvalue weighted by molar-refractivity contribution is 5.94. The Morgan fingerprint density at radius 1 is 1.11 bits per heavy atom. The molecule has 0 fully saturated rings. The zero-order chi connectivity index (χ0) is 24.8. The molecule has 2 aromatic rings. The Balaban J connectivity index is 1.43. The van der Waals surface area contributed by atoms with E-state index in [9.17, 15) is 19.2 Å². The summed E-state index contributed by atoms with van der Waals surface area (Å²) in [7, 11) is 1.61. The maximum atomic E-state index is 13.4. The summed E-state index contributed by atoms with van der Waals surface area (Å²) in [5.41, 5.74) is -0.0403. The molecule has 0 spiro atoms. The van der Waals surface area contributed by atoms with Gasteiger partial charge in [0.25, 0.3) is 5.91 Å². The first-order valence-corrected chi connectivity index (χ1v) is 12.0. The quantitative estimate of drug-likeness (QED) is 0.554. The summed E-state index contributed by atoms with van der Waals surface area (Å²) in [4.78, 5) is 56.4. The van der Waals surface area contributed by atoms with E-state index in [1.165, 1.54) is 10.9 Å². The summed E-state index contributed by atoms with van der Waals surface area (Å²) in [6.07, 6.45) is 4.04. The first-order chi connectivity index (χ1) is 16.9. The van der Waals surface area contributed by atoms with Crippen molar-refractivity contribution in [2.75, 3.05) is 32.8 Å². The van der Waals surface area contributed by atoms with Gasteiger partial charge in [0.05, 0.1) is 12.5 Å². The average molecular weight is 486 g/mol. The lowest BCUT2D eigenvalue weighted by molar-refractivity contribution is -0.137. The fourth-order valence-electron chi connectivity index (χ4n) is 4.43. The summed E-state index contributed by atoms with van der Waals surface area (Å²) in [6, 6.07) is 3.34. The molecule has 0 saturated heterocycles. The number of fused-ring (bicyclic) bond motifs is 2. The molecule has 1 unspecified atom stereocenters. The van der Waals surface area contributed by atoms with E-state index in [0.29, 0.717) is 70.0 Å². The molecule has 2 N–H and O–H groups in total. The summed E-state index contributed by atoms with van der Waals surface area (Å²) >= 11 is 0. The van der Waals surface area contributed by atoms with Crippen molar-refractivity contribution in [2.45, 2.75) is 38.6 Å². The van der Waals surface area contributed by atoms with E-state index in [4.69, 9.17) is 4.74 Å². The molecule has 0 aliphatic carbocycles. The molecule has 2 aliphatic heterocycles. The van der Waals surface area contributed by atoms with Crippen LogP contribution in [0.5, 0.6) is 5.75 Å². The number of pyridine rings is 1. The lowest BCUT2D eigenvalue weighted by atomic mass is 9.97. The van der Waals surface area contributed by atoms with Crippen molar-refractivity contribution in [3.63, 3.8) is 0 Å². The van der Waals surface area contributed by atoms with Gasteiger partial charge >= 0.3 is 5.69 Å². The minimum atomic E-state index is -0.356. The molecule has 0 aromatic carbocycles. The van der Waals surface area contributed by atoms with Crippen LogP contribution in [-0.4, -0.2) is 74.7 Å². The zero-order valence-electron chi connectivity index (χ0n) is 19.9. The first-order valence-electron chi connectivity index (χ1n) is 12.0. The van der Waals surface area contributed by atoms with Gasteiger partial charge in [-0.15, -0.1) is 0 Å². The Morgan fingerprint density at radius 2 is 1.94 bits per heavy atom. The highest BCUT2D eigenvalue weighted by Crippen LogP contribution is 2.20. The number of amides is 3. The van der Waals surface area contributed by atoms with Crippen molar-refractivity contribution >= 4 is 17.7 Å². The van der Waals surface area contributed by atoms with Crippen LogP contribution in [0.2, 0.25) is 0 Å². The van der Waals surface area contributed by atoms with Crippen LogP contribution in [0.3, 0.4) is 0 Å². The highest BCUT2D eigenvalue weighted by Gasteiger charge is 2.30. The Bertz CT molecular complexity index is 1140. The Kier molecular flexibility index (Phi) is 7.78. The minimum absolute atomic E-state index is 0.0420. The molecule has 4 heterocycles. The lowest BCUT2D eigenvalue weighted by Gasteiger charge is -2.29. The number of hydrogen-bond acceptors (Lipinski definition) is 7. The third-order valence-corrected chi connectivity index (χ3v) is 6.25. The van der Waals surface area contributed by atoms with Crippen LogP contribution in [0.25, 0.3) is 0 Å². The van der Waals surface area contributed by atoms with Gasteiger partial charge in [0.1, 0.15) is 12.4 Å². The molecule has 0 bridgehead atoms. The molecule has 3 amide bonds. The van der Waals surface area contributed by atoms with Crippen LogP contribution in [-0.2, 0) is 29.6 Å². The van der Waals surface area contributed by atoms with Crippen LogP contribution in [0.15, 0.2) is 23.1 Å². The summed E-state index contributed by atoms with van der Waals surface area (Å²) in [6.45, 7) is 2.01. The fourth-order valence-corrected chi connectivity index (χ4v) is 4.43. The maximum Gasteiger partial charge on any atom is 0.345 e. The van der Waals surface area contributed by atoms with Crippen molar-refractivity contribution in [1.29, 1.82) is 0 Å². The largest absolute Gasteiger partial charge is 0.489 e. The predicted molar refractivity (Wildman–Crippen MR) is 125 cm³/mol. The van der Waals surface area contributed by atoms with Gasteiger partial charge in [-0.25, -0.2) is 14.5 Å². The lowest BCUT2D eigenvalue weighted by Crippen LogP contribution is -2.43. The topological polar surface area (TPSA) is 140 Å². The molecule has 2 aromatic heterocycles. The van der Waals surface area contributed by atoms with Gasteiger partial charge in [-0.1, -0.05) is 0 Å². The van der Waals surface area contributed by atoms with Gasteiger partial charge in [0.2, 0.25) is 11.8 Å². The van der Waals surface area contributed by atoms with E-state index in [1.807, 2.05) is 0 Å². The normalized spacial score (nSPS) is 20.1. The molecule has 0 radical (unpaired) electrons. The Hall–Kier alpha value is -3.70. The third kappa shape index (κ3) is 5.87. The minimum Gasteiger partial charge on any atom is -0.489 e. The molecule has 35 heavy (non-hydrogen) atoms. The number of nitrogens with one attached hydrogen (secondary N) is 2. The van der Waals surface area contributed by atoms with Gasteiger partial charge in [0.15, 0.2) is 11.4 Å². The van der Waals surface area contributed by atoms with E-state index >= 15 is 0 Å². The predicted octanol–water partition coefficient (Wildman–Crippen LogP) is -0.523. The summed E-state index contributed by atoms with van der Waals surface area (Å²) in [5.74, 6) is 0.204. The van der Waals surface area contributed by atoms with Crippen molar-refractivity contribution in [1.82, 2.24) is 34.9 Å². The van der Waals surface area contributed by atoms with Gasteiger partial charge in [-0.05, 0) is 31.4 Å². The molecule has 12 nitrogen and oxygen atoms in total. The molecule has 4 rings (SSSR count). The molecule has 188 valence electrons. The van der Waals surface area contributed by atoms with Crippen molar-refractivity contribution in [2.24, 2.45) is 13.0 Å². The molecule has 12 heteroatoms. The van der Waals surface area contributed by atoms with Gasteiger partial charge in [-0.2, -0.15) is 5.10 Å². The zero-order valence-corrected chi connectivity index (χ0v) is 19.9. The van der Waals surface area contributed by atoms with Crippen LogP contribution in [0, 0.1) is 5.92 Å². The third-order valence-electron chi connectivity index (χ3n) is 6.25. The number of hydrogen-bond donors (Lipinski definition) is 2. The highest BCUT2D eigenvalue weighted by atomic mass is 16.5. The van der Waals surface area contributed by atoms with Crippen molar-refractivity contribution < 1.29 is 19.1 Å². The monoisotopic (exact) mass is 485 g/mol. The van der Waals surface area contributed by atoms with Crippen LogP contribution in [0.4, 0.5) is 0 Å².